The Balaban J connectivity index is 4.56. The third-order valence-electron chi connectivity index (χ3n) is 11.1. The molecule has 320 valence electrons. The number of aliphatic hydroxyl groups is 2. The molecule has 0 saturated carbocycles. The zero-order valence-corrected chi connectivity index (χ0v) is 36.4. The normalized spacial score (nSPS) is 13.4. The van der Waals surface area contributed by atoms with Gasteiger partial charge >= 0.3 is 5.97 Å². The van der Waals surface area contributed by atoms with Crippen molar-refractivity contribution in [3.05, 3.63) is 12.2 Å². The summed E-state index contributed by atoms with van der Waals surface area (Å²) in [6.45, 7) is 6.46. The molecule has 0 bridgehead atoms. The van der Waals surface area contributed by atoms with Gasteiger partial charge in [0.25, 0.3) is 0 Å². The van der Waals surface area contributed by atoms with Gasteiger partial charge in [-0.1, -0.05) is 213 Å². The van der Waals surface area contributed by atoms with E-state index in [2.05, 4.69) is 38.2 Å². The molecular formula is C48H93NO5. The average molecular weight is 764 g/mol. The first-order valence-corrected chi connectivity index (χ1v) is 23.9. The van der Waals surface area contributed by atoms with E-state index in [1.165, 1.54) is 161 Å². The van der Waals surface area contributed by atoms with Crippen LogP contribution in [-0.2, 0) is 14.3 Å². The Morgan fingerprint density at radius 1 is 0.519 bits per heavy atom. The molecule has 0 aromatic heterocycles. The van der Waals surface area contributed by atoms with Crippen molar-refractivity contribution in [3.63, 3.8) is 0 Å². The Labute approximate surface area is 336 Å². The molecule has 0 aliphatic heterocycles. The Hall–Kier alpha value is -1.40. The lowest BCUT2D eigenvalue weighted by atomic mass is 10.0. The van der Waals surface area contributed by atoms with Crippen LogP contribution < -0.4 is 5.32 Å². The summed E-state index contributed by atoms with van der Waals surface area (Å²) in [5.74, 6) is -0.493. The molecule has 1 amide bonds. The van der Waals surface area contributed by atoms with E-state index in [-0.39, 0.29) is 24.9 Å². The zero-order chi connectivity index (χ0) is 39.6. The minimum atomic E-state index is -0.787. The Kier molecular flexibility index (Phi) is 41.6. The highest BCUT2D eigenvalue weighted by Gasteiger charge is 2.24. The van der Waals surface area contributed by atoms with Gasteiger partial charge in [-0.2, -0.15) is 0 Å². The molecule has 0 saturated heterocycles. The standard InChI is InChI=1S/C48H93NO5/c1-4-7-10-13-16-19-22-24-26-28-31-34-37-40-46(51)45(43-50)49-47(52)42-44(39-36-33-30-27-25-23-20-17-14-11-8-5-2)54-48(53)41-38-35-32-29-21-18-15-12-9-6-3/h27,30,44-46,50-51H,4-26,28-29,31-43H2,1-3H3,(H,49,52)/b30-27-. The van der Waals surface area contributed by atoms with Gasteiger partial charge in [0.2, 0.25) is 5.91 Å². The molecule has 3 atom stereocenters. The maximum Gasteiger partial charge on any atom is 0.306 e. The Morgan fingerprint density at radius 3 is 1.35 bits per heavy atom. The number of rotatable bonds is 43. The van der Waals surface area contributed by atoms with Crippen LogP contribution in [0.3, 0.4) is 0 Å². The van der Waals surface area contributed by atoms with Crippen LogP contribution in [-0.4, -0.2) is 46.9 Å². The van der Waals surface area contributed by atoms with Crippen molar-refractivity contribution in [2.75, 3.05) is 6.61 Å². The summed E-state index contributed by atoms with van der Waals surface area (Å²) in [6.07, 6.45) is 45.6. The minimum absolute atomic E-state index is 0.0630. The summed E-state index contributed by atoms with van der Waals surface area (Å²) >= 11 is 0. The predicted molar refractivity (Wildman–Crippen MR) is 232 cm³/mol. The number of aliphatic hydroxyl groups excluding tert-OH is 2. The highest BCUT2D eigenvalue weighted by Crippen LogP contribution is 2.17. The summed E-state index contributed by atoms with van der Waals surface area (Å²) in [5.41, 5.74) is 0. The van der Waals surface area contributed by atoms with Gasteiger partial charge in [-0.3, -0.25) is 9.59 Å². The van der Waals surface area contributed by atoms with E-state index in [0.29, 0.717) is 19.3 Å². The molecule has 0 aliphatic rings. The summed E-state index contributed by atoms with van der Waals surface area (Å²) in [7, 11) is 0. The number of hydrogen-bond acceptors (Lipinski definition) is 5. The summed E-state index contributed by atoms with van der Waals surface area (Å²) in [6, 6.07) is -0.701. The van der Waals surface area contributed by atoms with Gasteiger partial charge in [0.15, 0.2) is 0 Å². The first-order valence-electron chi connectivity index (χ1n) is 23.9. The van der Waals surface area contributed by atoms with Crippen molar-refractivity contribution in [3.8, 4) is 0 Å². The molecule has 0 aromatic carbocycles. The molecule has 0 radical (unpaired) electrons. The fourth-order valence-electron chi connectivity index (χ4n) is 7.43. The van der Waals surface area contributed by atoms with E-state index in [9.17, 15) is 19.8 Å². The van der Waals surface area contributed by atoms with Crippen LogP contribution in [0.25, 0.3) is 0 Å². The second-order valence-corrected chi connectivity index (χ2v) is 16.5. The number of nitrogens with one attached hydrogen (secondary N) is 1. The lowest BCUT2D eigenvalue weighted by molar-refractivity contribution is -0.151. The minimum Gasteiger partial charge on any atom is -0.462 e. The monoisotopic (exact) mass is 764 g/mol. The fourth-order valence-corrected chi connectivity index (χ4v) is 7.43. The maximum atomic E-state index is 13.1. The summed E-state index contributed by atoms with van der Waals surface area (Å²) < 4.78 is 5.88. The molecule has 6 heteroatoms. The molecule has 3 unspecified atom stereocenters. The average Bonchev–Trinajstić information content (AvgIpc) is 3.16. The molecule has 54 heavy (non-hydrogen) atoms. The third kappa shape index (κ3) is 37.5. The maximum absolute atomic E-state index is 13.1. The van der Waals surface area contributed by atoms with Crippen LogP contribution in [0.4, 0.5) is 0 Å². The lowest BCUT2D eigenvalue weighted by Gasteiger charge is -2.24. The van der Waals surface area contributed by atoms with Crippen molar-refractivity contribution in [2.45, 2.75) is 277 Å². The van der Waals surface area contributed by atoms with Crippen LogP contribution in [0.2, 0.25) is 0 Å². The lowest BCUT2D eigenvalue weighted by Crippen LogP contribution is -2.46. The molecule has 0 spiro atoms. The molecular weight excluding hydrogens is 671 g/mol. The number of hydrogen-bond donors (Lipinski definition) is 3. The molecule has 0 fully saturated rings. The molecule has 0 aromatic rings. The Morgan fingerprint density at radius 2 is 0.907 bits per heavy atom. The quantitative estimate of drug-likeness (QED) is 0.0326. The Bertz CT molecular complexity index is 817. The predicted octanol–water partition coefficient (Wildman–Crippen LogP) is 13.8. The van der Waals surface area contributed by atoms with Gasteiger partial charge in [0.1, 0.15) is 6.10 Å². The number of ether oxygens (including phenoxy) is 1. The van der Waals surface area contributed by atoms with Gasteiger partial charge in [-0.05, 0) is 44.9 Å². The molecule has 0 rings (SSSR count). The van der Waals surface area contributed by atoms with Crippen LogP contribution >= 0.6 is 0 Å². The first kappa shape index (κ1) is 52.6. The largest absolute Gasteiger partial charge is 0.462 e. The second kappa shape index (κ2) is 42.7. The number of amides is 1. The molecule has 0 aliphatic carbocycles. The van der Waals surface area contributed by atoms with Gasteiger partial charge in [-0.25, -0.2) is 0 Å². The zero-order valence-electron chi connectivity index (χ0n) is 36.4. The number of unbranched alkanes of at least 4 members (excludes halogenated alkanes) is 29. The number of carbonyl (C=O) groups is 2. The SMILES string of the molecule is CCCCCCCCC/C=C\CCCC(CC(=O)NC(CO)C(O)CCCCCCCCCCCCCCC)OC(=O)CCCCCCCCCCCC. The van der Waals surface area contributed by atoms with Crippen molar-refractivity contribution in [2.24, 2.45) is 0 Å². The van der Waals surface area contributed by atoms with Gasteiger partial charge in [-0.15, -0.1) is 0 Å². The van der Waals surface area contributed by atoms with E-state index in [0.717, 1.165) is 51.4 Å². The van der Waals surface area contributed by atoms with E-state index in [4.69, 9.17) is 4.74 Å². The van der Waals surface area contributed by atoms with E-state index < -0.39 is 18.2 Å². The summed E-state index contributed by atoms with van der Waals surface area (Å²) in [4.78, 5) is 26.0. The van der Waals surface area contributed by atoms with E-state index >= 15 is 0 Å². The highest BCUT2D eigenvalue weighted by atomic mass is 16.5. The molecule has 3 N–H and O–H groups in total. The van der Waals surface area contributed by atoms with Crippen molar-refractivity contribution >= 4 is 11.9 Å². The number of carbonyl (C=O) groups excluding carboxylic acids is 2. The molecule has 0 heterocycles. The van der Waals surface area contributed by atoms with Crippen LogP contribution in [0, 0.1) is 0 Å². The topological polar surface area (TPSA) is 95.9 Å². The fraction of sp³-hybridized carbons (Fsp3) is 0.917. The van der Waals surface area contributed by atoms with Crippen molar-refractivity contribution < 1.29 is 24.5 Å². The van der Waals surface area contributed by atoms with E-state index in [1.54, 1.807) is 0 Å². The van der Waals surface area contributed by atoms with Gasteiger partial charge in [0, 0.05) is 6.42 Å². The molecule has 6 nitrogen and oxygen atoms in total. The second-order valence-electron chi connectivity index (χ2n) is 16.5. The number of esters is 1. The third-order valence-corrected chi connectivity index (χ3v) is 11.1. The van der Waals surface area contributed by atoms with Gasteiger partial charge in [0.05, 0.1) is 25.2 Å². The summed E-state index contributed by atoms with van der Waals surface area (Å²) in [5, 5.41) is 23.7. The highest BCUT2D eigenvalue weighted by molar-refractivity contribution is 5.77. The van der Waals surface area contributed by atoms with Crippen molar-refractivity contribution in [1.82, 2.24) is 5.32 Å². The van der Waals surface area contributed by atoms with E-state index in [1.807, 2.05) is 0 Å². The first-order chi connectivity index (χ1) is 26.5. The van der Waals surface area contributed by atoms with Crippen LogP contribution in [0.1, 0.15) is 258 Å². The van der Waals surface area contributed by atoms with Crippen LogP contribution in [0.5, 0.6) is 0 Å². The van der Waals surface area contributed by atoms with Crippen LogP contribution in [0.15, 0.2) is 12.2 Å². The van der Waals surface area contributed by atoms with Crippen molar-refractivity contribution in [1.29, 1.82) is 0 Å². The number of allylic oxidation sites excluding steroid dienone is 2. The smallest absolute Gasteiger partial charge is 0.306 e. The van der Waals surface area contributed by atoms with Gasteiger partial charge < -0.3 is 20.3 Å².